The fraction of sp³-hybridized carbons (Fsp3) is 0.318. The van der Waals surface area contributed by atoms with Gasteiger partial charge in [-0.3, -0.25) is 4.79 Å². The smallest absolute Gasteiger partial charge is 0.329 e. The molecule has 4 N–H and O–H groups in total. The van der Waals surface area contributed by atoms with Gasteiger partial charge in [0.05, 0.1) is 0 Å². The maximum absolute atomic E-state index is 12.6. The Kier molecular flexibility index (Phi) is 7.36. The monoisotopic (exact) mass is 397 g/mol. The lowest BCUT2D eigenvalue weighted by atomic mass is 10.0. The number of hydrogen-bond donors (Lipinski definition) is 3. The van der Waals surface area contributed by atoms with E-state index >= 15 is 0 Å². The molecule has 2 aromatic carbocycles. The van der Waals surface area contributed by atoms with Crippen LogP contribution in [-0.4, -0.2) is 30.1 Å². The molecule has 0 spiro atoms. The Morgan fingerprint density at radius 1 is 1.03 bits per heavy atom. The van der Waals surface area contributed by atoms with Crippen molar-refractivity contribution in [2.24, 2.45) is 5.73 Å². The number of esters is 1. The normalized spacial score (nSPS) is 12.6. The van der Waals surface area contributed by atoms with Gasteiger partial charge in [0.2, 0.25) is 0 Å². The predicted molar refractivity (Wildman–Crippen MR) is 111 cm³/mol. The predicted octanol–water partition coefficient (Wildman–Crippen LogP) is 2.76. The summed E-state index contributed by atoms with van der Waals surface area (Å²) in [6.45, 7) is 7.27. The van der Waals surface area contributed by atoms with E-state index in [1.54, 1.807) is 0 Å². The topological polar surface area (TPSA) is 111 Å². The molecule has 2 atom stereocenters. The number of nitrogens with one attached hydrogen (secondary N) is 2. The molecule has 29 heavy (non-hydrogen) atoms. The zero-order valence-corrected chi connectivity index (χ0v) is 17.1. The van der Waals surface area contributed by atoms with Gasteiger partial charge < -0.3 is 21.1 Å². The standard InChI is InChI=1S/C22H27N3O4/c1-13-10-14(2)19(15(3)11-13)25-20(26)16(4)29-21(27)18(24-22(23)28)12-17-8-6-5-7-9-17/h5-11,16,18H,12H2,1-4H3,(H,25,26)(H3,23,24,28)/t16-,18+/m1/s1. The molecule has 0 unspecified atom stereocenters. The minimum atomic E-state index is -1.05. The fourth-order valence-corrected chi connectivity index (χ4v) is 3.13. The van der Waals surface area contributed by atoms with Crippen LogP contribution in [0.5, 0.6) is 0 Å². The molecule has 0 radical (unpaired) electrons. The van der Waals surface area contributed by atoms with Crippen molar-refractivity contribution in [3.05, 3.63) is 64.7 Å². The van der Waals surface area contributed by atoms with Crippen molar-refractivity contribution in [1.29, 1.82) is 0 Å². The molecule has 2 aromatic rings. The summed E-state index contributed by atoms with van der Waals surface area (Å²) in [4.78, 5) is 36.4. The molecule has 0 saturated carbocycles. The second-order valence-corrected chi connectivity index (χ2v) is 7.09. The lowest BCUT2D eigenvalue weighted by Crippen LogP contribution is -2.47. The van der Waals surface area contributed by atoms with Crippen LogP contribution in [0.1, 0.15) is 29.2 Å². The number of amides is 3. The van der Waals surface area contributed by atoms with E-state index in [1.165, 1.54) is 6.92 Å². The number of rotatable bonds is 7. The van der Waals surface area contributed by atoms with Crippen LogP contribution in [0.4, 0.5) is 10.5 Å². The summed E-state index contributed by atoms with van der Waals surface area (Å²) in [6, 6.07) is 11.2. The van der Waals surface area contributed by atoms with Crippen molar-refractivity contribution in [3.63, 3.8) is 0 Å². The molecule has 7 heteroatoms. The van der Waals surface area contributed by atoms with Crippen LogP contribution in [0.2, 0.25) is 0 Å². The van der Waals surface area contributed by atoms with Crippen molar-refractivity contribution in [2.75, 3.05) is 5.32 Å². The zero-order valence-electron chi connectivity index (χ0n) is 17.1. The number of carbonyl (C=O) groups excluding carboxylic acids is 3. The highest BCUT2D eigenvalue weighted by Crippen LogP contribution is 2.22. The van der Waals surface area contributed by atoms with Crippen LogP contribution >= 0.6 is 0 Å². The minimum absolute atomic E-state index is 0.202. The molecule has 0 aliphatic carbocycles. The average Bonchev–Trinajstić information content (AvgIpc) is 2.64. The fourth-order valence-electron chi connectivity index (χ4n) is 3.13. The third-order valence-electron chi connectivity index (χ3n) is 4.47. The molecule has 154 valence electrons. The van der Waals surface area contributed by atoms with Gasteiger partial charge in [-0.15, -0.1) is 0 Å². The number of benzene rings is 2. The maximum atomic E-state index is 12.6. The summed E-state index contributed by atoms with van der Waals surface area (Å²) in [5, 5.41) is 5.19. The molecule has 0 bridgehead atoms. The Balaban J connectivity index is 2.06. The summed E-state index contributed by atoms with van der Waals surface area (Å²) in [5.41, 5.74) is 9.65. The highest BCUT2D eigenvalue weighted by atomic mass is 16.5. The summed E-state index contributed by atoms with van der Waals surface area (Å²) in [5.74, 6) is -1.18. The Morgan fingerprint density at radius 2 is 1.62 bits per heavy atom. The molecule has 0 saturated heterocycles. The lowest BCUT2D eigenvalue weighted by molar-refractivity contribution is -0.155. The van der Waals surface area contributed by atoms with E-state index in [4.69, 9.17) is 10.5 Å². The Labute approximate surface area is 170 Å². The van der Waals surface area contributed by atoms with Gasteiger partial charge >= 0.3 is 12.0 Å². The SMILES string of the molecule is Cc1cc(C)c(NC(=O)[C@@H](C)OC(=O)[C@H](Cc2ccccc2)NC(N)=O)c(C)c1. The van der Waals surface area contributed by atoms with Gasteiger partial charge in [0, 0.05) is 12.1 Å². The first-order valence-corrected chi connectivity index (χ1v) is 9.36. The highest BCUT2D eigenvalue weighted by Gasteiger charge is 2.26. The summed E-state index contributed by atoms with van der Waals surface area (Å²) in [6.07, 6.45) is -0.844. The van der Waals surface area contributed by atoms with E-state index in [0.717, 1.165) is 22.3 Å². The molecular weight excluding hydrogens is 370 g/mol. The van der Waals surface area contributed by atoms with Gasteiger partial charge in [-0.05, 0) is 44.4 Å². The number of anilines is 1. The van der Waals surface area contributed by atoms with Gasteiger partial charge in [-0.2, -0.15) is 0 Å². The minimum Gasteiger partial charge on any atom is -0.451 e. The van der Waals surface area contributed by atoms with E-state index < -0.39 is 30.1 Å². The van der Waals surface area contributed by atoms with Crippen LogP contribution < -0.4 is 16.4 Å². The molecular formula is C22H27N3O4. The maximum Gasteiger partial charge on any atom is 0.329 e. The molecule has 0 heterocycles. The third-order valence-corrected chi connectivity index (χ3v) is 4.47. The van der Waals surface area contributed by atoms with Gasteiger partial charge in [-0.25, -0.2) is 9.59 Å². The number of nitrogens with two attached hydrogens (primary N) is 1. The summed E-state index contributed by atoms with van der Waals surface area (Å²) in [7, 11) is 0. The van der Waals surface area contributed by atoms with E-state index in [-0.39, 0.29) is 6.42 Å². The van der Waals surface area contributed by atoms with Crippen molar-refractivity contribution < 1.29 is 19.1 Å². The van der Waals surface area contributed by atoms with Crippen LogP contribution in [0.25, 0.3) is 0 Å². The highest BCUT2D eigenvalue weighted by molar-refractivity contribution is 5.97. The summed E-state index contributed by atoms with van der Waals surface area (Å²) < 4.78 is 5.30. The van der Waals surface area contributed by atoms with Crippen LogP contribution in [0.15, 0.2) is 42.5 Å². The number of ether oxygens (including phenoxy) is 1. The van der Waals surface area contributed by atoms with Gasteiger partial charge in [0.25, 0.3) is 5.91 Å². The Bertz CT molecular complexity index is 873. The molecule has 0 fully saturated rings. The molecule has 7 nitrogen and oxygen atoms in total. The van der Waals surface area contributed by atoms with E-state index in [1.807, 2.05) is 63.2 Å². The Hall–Kier alpha value is -3.35. The van der Waals surface area contributed by atoms with Crippen LogP contribution in [-0.2, 0) is 20.7 Å². The van der Waals surface area contributed by atoms with E-state index in [0.29, 0.717) is 5.69 Å². The molecule has 0 aliphatic rings. The quantitative estimate of drug-likeness (QED) is 0.624. The van der Waals surface area contributed by atoms with Crippen molar-refractivity contribution in [1.82, 2.24) is 5.32 Å². The first-order chi connectivity index (χ1) is 13.7. The number of urea groups is 1. The Morgan fingerprint density at radius 3 is 2.17 bits per heavy atom. The third kappa shape index (κ3) is 6.34. The van der Waals surface area contributed by atoms with Crippen LogP contribution in [0, 0.1) is 20.8 Å². The number of aryl methyl sites for hydroxylation is 3. The van der Waals surface area contributed by atoms with E-state index in [2.05, 4.69) is 10.6 Å². The van der Waals surface area contributed by atoms with Gasteiger partial charge in [-0.1, -0.05) is 48.0 Å². The first kappa shape index (κ1) is 21.9. The zero-order chi connectivity index (χ0) is 21.6. The largest absolute Gasteiger partial charge is 0.451 e. The molecule has 0 aromatic heterocycles. The molecule has 3 amide bonds. The molecule has 0 aliphatic heterocycles. The summed E-state index contributed by atoms with van der Waals surface area (Å²) >= 11 is 0. The second kappa shape index (κ2) is 9.73. The van der Waals surface area contributed by atoms with Crippen molar-refractivity contribution in [3.8, 4) is 0 Å². The van der Waals surface area contributed by atoms with E-state index in [9.17, 15) is 14.4 Å². The van der Waals surface area contributed by atoms with Crippen molar-refractivity contribution in [2.45, 2.75) is 46.3 Å². The lowest BCUT2D eigenvalue weighted by Gasteiger charge is -2.20. The molecule has 2 rings (SSSR count). The number of hydrogen-bond acceptors (Lipinski definition) is 4. The van der Waals surface area contributed by atoms with Gasteiger partial charge in [0.15, 0.2) is 6.10 Å². The van der Waals surface area contributed by atoms with Crippen LogP contribution in [0.3, 0.4) is 0 Å². The first-order valence-electron chi connectivity index (χ1n) is 9.36. The van der Waals surface area contributed by atoms with Gasteiger partial charge in [0.1, 0.15) is 6.04 Å². The second-order valence-electron chi connectivity index (χ2n) is 7.09. The number of carbonyl (C=O) groups is 3. The number of primary amides is 1. The van der Waals surface area contributed by atoms with Crippen molar-refractivity contribution >= 4 is 23.6 Å². The average molecular weight is 397 g/mol.